The first-order valence-electron chi connectivity index (χ1n) is 7.46. The molecule has 0 spiro atoms. The molecule has 0 radical (unpaired) electrons. The largest absolute Gasteiger partial charge is 0.343 e. The van der Waals surface area contributed by atoms with Gasteiger partial charge >= 0.3 is 0 Å². The van der Waals surface area contributed by atoms with Gasteiger partial charge in [0.2, 0.25) is 0 Å². The van der Waals surface area contributed by atoms with Crippen LogP contribution in [-0.4, -0.2) is 55.8 Å². The highest BCUT2D eigenvalue weighted by Gasteiger charge is 2.30. The van der Waals surface area contributed by atoms with Crippen LogP contribution in [0.1, 0.15) is 31.6 Å². The second-order valence-corrected chi connectivity index (χ2v) is 6.74. The maximum Gasteiger partial charge on any atom is 0.185 e. The van der Waals surface area contributed by atoms with Crippen LogP contribution < -0.4 is 4.90 Å². The molecule has 4 rings (SSSR count). The van der Waals surface area contributed by atoms with Gasteiger partial charge in [-0.3, -0.25) is 4.90 Å². The van der Waals surface area contributed by atoms with Gasteiger partial charge in [0.25, 0.3) is 0 Å². The third kappa shape index (κ3) is 2.65. The molecule has 7 nitrogen and oxygen atoms in total. The lowest BCUT2D eigenvalue weighted by atomic mass is 10.2. The van der Waals surface area contributed by atoms with Gasteiger partial charge in [-0.25, -0.2) is 9.67 Å². The van der Waals surface area contributed by atoms with Crippen molar-refractivity contribution in [3.05, 3.63) is 17.4 Å². The molecule has 1 aliphatic carbocycles. The van der Waals surface area contributed by atoms with Crippen molar-refractivity contribution in [3.63, 3.8) is 0 Å². The molecule has 1 saturated carbocycles. The number of hydrogen-bond donors (Lipinski definition) is 0. The second-order valence-electron chi connectivity index (χ2n) is 5.86. The molecule has 0 N–H and O–H groups in total. The van der Waals surface area contributed by atoms with E-state index in [4.69, 9.17) is 0 Å². The molecule has 1 saturated heterocycles. The Hall–Kier alpha value is -1.54. The van der Waals surface area contributed by atoms with Crippen molar-refractivity contribution in [2.75, 3.05) is 24.5 Å². The number of anilines is 1. The lowest BCUT2D eigenvalue weighted by Gasteiger charge is -2.39. The third-order valence-corrected chi connectivity index (χ3v) is 5.00. The van der Waals surface area contributed by atoms with E-state index in [1.165, 1.54) is 12.8 Å². The minimum atomic E-state index is 0.468. The Bertz CT molecular complexity index is 591. The zero-order chi connectivity index (χ0) is 14.2. The zero-order valence-electron chi connectivity index (χ0n) is 12.1. The zero-order valence-corrected chi connectivity index (χ0v) is 12.9. The van der Waals surface area contributed by atoms with Gasteiger partial charge in [0.15, 0.2) is 11.0 Å². The van der Waals surface area contributed by atoms with Crippen molar-refractivity contribution < 1.29 is 0 Å². The monoisotopic (exact) mass is 305 g/mol. The van der Waals surface area contributed by atoms with E-state index < -0.39 is 0 Å². The van der Waals surface area contributed by atoms with Crippen LogP contribution in [0.4, 0.5) is 5.13 Å². The van der Waals surface area contributed by atoms with Crippen molar-refractivity contribution in [1.82, 2.24) is 30.1 Å². The van der Waals surface area contributed by atoms with Crippen molar-refractivity contribution in [3.8, 4) is 0 Å². The first-order valence-corrected chi connectivity index (χ1v) is 8.34. The van der Waals surface area contributed by atoms with E-state index >= 15 is 0 Å². The van der Waals surface area contributed by atoms with E-state index in [0.717, 1.165) is 37.1 Å². The van der Waals surface area contributed by atoms with E-state index in [0.29, 0.717) is 12.1 Å². The SMILES string of the molecule is C[C@@H]1CN(Cc2nnnn2C2CC2)CCN1c1nccs1. The summed E-state index contributed by atoms with van der Waals surface area (Å²) in [6.07, 6.45) is 4.31. The van der Waals surface area contributed by atoms with Crippen LogP contribution in [0.25, 0.3) is 0 Å². The highest BCUT2D eigenvalue weighted by molar-refractivity contribution is 7.13. The maximum absolute atomic E-state index is 4.43. The van der Waals surface area contributed by atoms with Crippen LogP contribution in [0.3, 0.4) is 0 Å². The van der Waals surface area contributed by atoms with E-state index in [9.17, 15) is 0 Å². The summed E-state index contributed by atoms with van der Waals surface area (Å²) in [4.78, 5) is 9.26. The number of aromatic nitrogens is 5. The van der Waals surface area contributed by atoms with Gasteiger partial charge in [-0.1, -0.05) is 0 Å². The molecule has 2 aliphatic rings. The predicted octanol–water partition coefficient (Wildman–Crippen LogP) is 1.18. The van der Waals surface area contributed by atoms with Gasteiger partial charge in [0, 0.05) is 37.3 Å². The molecule has 1 atom stereocenters. The summed E-state index contributed by atoms with van der Waals surface area (Å²) >= 11 is 1.71. The molecule has 2 aromatic heterocycles. The summed E-state index contributed by atoms with van der Waals surface area (Å²) in [5.41, 5.74) is 0. The van der Waals surface area contributed by atoms with Gasteiger partial charge in [0.05, 0.1) is 12.6 Å². The van der Waals surface area contributed by atoms with Crippen LogP contribution in [-0.2, 0) is 6.54 Å². The first-order chi connectivity index (χ1) is 10.3. The number of rotatable bonds is 4. The quantitative estimate of drug-likeness (QED) is 0.845. The predicted molar refractivity (Wildman–Crippen MR) is 80.3 cm³/mol. The Morgan fingerprint density at radius 3 is 2.95 bits per heavy atom. The Kier molecular flexibility index (Phi) is 3.34. The van der Waals surface area contributed by atoms with Crippen LogP contribution in [0.2, 0.25) is 0 Å². The lowest BCUT2D eigenvalue weighted by Crippen LogP contribution is -2.51. The minimum Gasteiger partial charge on any atom is -0.343 e. The topological polar surface area (TPSA) is 63.0 Å². The van der Waals surface area contributed by atoms with Crippen molar-refractivity contribution >= 4 is 16.5 Å². The average Bonchev–Trinajstić information content (AvgIpc) is 2.99. The Balaban J connectivity index is 1.41. The van der Waals surface area contributed by atoms with Crippen molar-refractivity contribution in [2.24, 2.45) is 0 Å². The van der Waals surface area contributed by atoms with Crippen LogP contribution in [0, 0.1) is 0 Å². The first kappa shape index (κ1) is 13.1. The second kappa shape index (κ2) is 5.34. The standard InChI is InChI=1S/C13H19N7S/c1-10-8-18(5-6-19(10)13-14-4-7-21-13)9-12-15-16-17-20(12)11-2-3-11/h4,7,10-11H,2-3,5-6,8-9H2,1H3/t10-/m1/s1. The van der Waals surface area contributed by atoms with E-state index in [-0.39, 0.29) is 0 Å². The smallest absolute Gasteiger partial charge is 0.185 e. The fourth-order valence-corrected chi connectivity index (χ4v) is 3.71. The highest BCUT2D eigenvalue weighted by atomic mass is 32.1. The summed E-state index contributed by atoms with van der Waals surface area (Å²) in [5.74, 6) is 1.01. The van der Waals surface area contributed by atoms with E-state index in [1.807, 2.05) is 16.3 Å². The minimum absolute atomic E-state index is 0.468. The fourth-order valence-electron chi connectivity index (χ4n) is 2.94. The fraction of sp³-hybridized carbons (Fsp3) is 0.692. The number of tetrazole rings is 1. The molecule has 2 fully saturated rings. The number of thiazole rings is 1. The number of piperazine rings is 1. The molecule has 0 aromatic carbocycles. The van der Waals surface area contributed by atoms with Crippen LogP contribution in [0.15, 0.2) is 11.6 Å². The summed E-state index contributed by atoms with van der Waals surface area (Å²) in [5, 5.41) is 15.3. The molecule has 2 aromatic rings. The van der Waals surface area contributed by atoms with Gasteiger partial charge < -0.3 is 4.90 Å². The molecule has 112 valence electrons. The number of hydrogen-bond acceptors (Lipinski definition) is 7. The van der Waals surface area contributed by atoms with E-state index in [2.05, 4.69) is 37.2 Å². The molecule has 0 unspecified atom stereocenters. The average molecular weight is 305 g/mol. The Morgan fingerprint density at radius 2 is 2.24 bits per heavy atom. The summed E-state index contributed by atoms with van der Waals surface area (Å²) < 4.78 is 2.01. The molecule has 3 heterocycles. The number of nitrogens with zero attached hydrogens (tertiary/aromatic N) is 7. The molecule has 8 heteroatoms. The van der Waals surface area contributed by atoms with Gasteiger partial charge in [-0.2, -0.15) is 0 Å². The Labute approximate surface area is 127 Å². The molecule has 21 heavy (non-hydrogen) atoms. The van der Waals surface area contributed by atoms with Gasteiger partial charge in [-0.15, -0.1) is 16.4 Å². The van der Waals surface area contributed by atoms with Crippen LogP contribution in [0.5, 0.6) is 0 Å². The molecular weight excluding hydrogens is 286 g/mol. The van der Waals surface area contributed by atoms with Gasteiger partial charge in [-0.05, 0) is 30.2 Å². The molecule has 0 amide bonds. The molecule has 0 bridgehead atoms. The lowest BCUT2D eigenvalue weighted by molar-refractivity contribution is 0.212. The van der Waals surface area contributed by atoms with Crippen molar-refractivity contribution in [1.29, 1.82) is 0 Å². The van der Waals surface area contributed by atoms with Crippen LogP contribution >= 0.6 is 11.3 Å². The summed E-state index contributed by atoms with van der Waals surface area (Å²) in [7, 11) is 0. The van der Waals surface area contributed by atoms with Crippen molar-refractivity contribution in [2.45, 2.75) is 38.4 Å². The maximum atomic E-state index is 4.43. The summed E-state index contributed by atoms with van der Waals surface area (Å²) in [6, 6.07) is 1.01. The van der Waals surface area contributed by atoms with E-state index in [1.54, 1.807) is 11.3 Å². The van der Waals surface area contributed by atoms with Gasteiger partial charge in [0.1, 0.15) is 0 Å². The molecular formula is C13H19N7S. The normalized spacial score (nSPS) is 23.7. The highest BCUT2D eigenvalue weighted by Crippen LogP contribution is 2.34. The Morgan fingerprint density at radius 1 is 1.33 bits per heavy atom. The summed E-state index contributed by atoms with van der Waals surface area (Å²) in [6.45, 7) is 6.18. The molecule has 1 aliphatic heterocycles. The third-order valence-electron chi connectivity index (χ3n) is 4.20.